The van der Waals surface area contributed by atoms with Crippen LogP contribution in [-0.2, 0) is 4.79 Å². The Morgan fingerprint density at radius 1 is 1.54 bits per heavy atom. The molecule has 0 amide bonds. The molecule has 1 atom stereocenters. The second kappa shape index (κ2) is 5.16. The Hall–Kier alpha value is -0.650. The molecule has 13 heavy (non-hydrogen) atoms. The van der Waals surface area contributed by atoms with Crippen molar-refractivity contribution in [2.24, 2.45) is 5.73 Å². The van der Waals surface area contributed by atoms with Gasteiger partial charge in [-0.25, -0.2) is 0 Å². The maximum absolute atomic E-state index is 10.4. The lowest BCUT2D eigenvalue weighted by Crippen LogP contribution is -2.33. The molecule has 1 aliphatic heterocycles. The Morgan fingerprint density at radius 3 is 2.69 bits per heavy atom. The van der Waals surface area contributed by atoms with Crippen LogP contribution in [0.2, 0.25) is 0 Å². The zero-order valence-corrected chi connectivity index (χ0v) is 7.62. The van der Waals surface area contributed by atoms with Gasteiger partial charge in [-0.3, -0.25) is 4.79 Å². The van der Waals surface area contributed by atoms with Crippen molar-refractivity contribution in [2.45, 2.75) is 31.5 Å². The third-order valence-electron chi connectivity index (χ3n) is 2.23. The molecule has 1 heterocycles. The third-order valence-corrected chi connectivity index (χ3v) is 2.23. The highest BCUT2D eigenvalue weighted by Crippen LogP contribution is 2.03. The minimum atomic E-state index is -0.910. The van der Waals surface area contributed by atoms with Gasteiger partial charge in [0, 0.05) is 13.1 Å². The number of carboxylic acid groups (broad SMARTS) is 1. The summed E-state index contributed by atoms with van der Waals surface area (Å²) in [6.07, 6.45) is 2.69. The summed E-state index contributed by atoms with van der Waals surface area (Å²) in [7, 11) is 0. The van der Waals surface area contributed by atoms with Crippen molar-refractivity contribution in [2.75, 3.05) is 13.1 Å². The highest BCUT2D eigenvalue weighted by atomic mass is 16.4. The molecule has 0 aliphatic carbocycles. The average Bonchev–Trinajstić information content (AvgIpc) is 2.56. The van der Waals surface area contributed by atoms with E-state index in [0.717, 1.165) is 25.9 Å². The highest BCUT2D eigenvalue weighted by Gasteiger charge is 2.15. The number of hydrogen-bond donors (Lipinski definition) is 4. The van der Waals surface area contributed by atoms with Gasteiger partial charge in [0.05, 0.1) is 6.17 Å². The Morgan fingerprint density at radius 2 is 2.15 bits per heavy atom. The zero-order chi connectivity index (χ0) is 9.68. The van der Waals surface area contributed by atoms with Crippen LogP contribution in [0.3, 0.4) is 0 Å². The quantitative estimate of drug-likeness (QED) is 0.447. The maximum atomic E-state index is 10.4. The minimum Gasteiger partial charge on any atom is -0.480 e. The average molecular weight is 187 g/mol. The Balaban J connectivity index is 2.02. The van der Waals surface area contributed by atoms with Crippen LogP contribution in [-0.4, -0.2) is 36.4 Å². The fourth-order valence-corrected chi connectivity index (χ4v) is 1.43. The molecular formula is C8H17N3O2. The van der Waals surface area contributed by atoms with Gasteiger partial charge >= 0.3 is 5.97 Å². The van der Waals surface area contributed by atoms with Gasteiger partial charge in [-0.1, -0.05) is 0 Å². The van der Waals surface area contributed by atoms with E-state index >= 15 is 0 Å². The zero-order valence-electron chi connectivity index (χ0n) is 7.62. The van der Waals surface area contributed by atoms with E-state index in [-0.39, 0.29) is 0 Å². The lowest BCUT2D eigenvalue weighted by atomic mass is 10.1. The van der Waals surface area contributed by atoms with Crippen molar-refractivity contribution in [3.8, 4) is 0 Å². The van der Waals surface area contributed by atoms with Crippen LogP contribution in [0.4, 0.5) is 0 Å². The summed E-state index contributed by atoms with van der Waals surface area (Å²) < 4.78 is 0. The first-order valence-electron chi connectivity index (χ1n) is 4.65. The van der Waals surface area contributed by atoms with Gasteiger partial charge < -0.3 is 21.5 Å². The van der Waals surface area contributed by atoms with Crippen molar-refractivity contribution in [3.63, 3.8) is 0 Å². The molecule has 0 bridgehead atoms. The van der Waals surface area contributed by atoms with Gasteiger partial charge in [0.1, 0.15) is 6.04 Å². The number of nitrogens with one attached hydrogen (secondary N) is 2. The molecule has 5 nitrogen and oxygen atoms in total. The number of aliphatic carboxylic acids is 1. The summed E-state index contributed by atoms with van der Waals surface area (Å²) in [5.41, 5.74) is 5.36. The van der Waals surface area contributed by atoms with Gasteiger partial charge in [0.2, 0.25) is 0 Å². The molecular weight excluding hydrogens is 170 g/mol. The first-order chi connectivity index (χ1) is 6.20. The minimum absolute atomic E-state index is 0.348. The summed E-state index contributed by atoms with van der Waals surface area (Å²) in [4.78, 5) is 10.4. The predicted octanol–water partition coefficient (Wildman–Crippen LogP) is -0.912. The van der Waals surface area contributed by atoms with Crippen LogP contribution in [0.5, 0.6) is 0 Å². The molecule has 1 fully saturated rings. The normalized spacial score (nSPS) is 20.4. The molecule has 0 saturated carbocycles. The molecule has 0 aromatic carbocycles. The molecule has 1 saturated heterocycles. The van der Waals surface area contributed by atoms with Gasteiger partial charge in [-0.05, 0) is 19.3 Å². The number of carbonyl (C=O) groups is 1. The second-order valence-electron chi connectivity index (χ2n) is 3.34. The van der Waals surface area contributed by atoms with E-state index < -0.39 is 12.0 Å². The molecule has 0 aromatic rings. The number of hydrogen-bond acceptors (Lipinski definition) is 4. The standard InChI is InChI=1S/C8H17N3O2/c9-6(8(12)13)2-1-3-7-10-4-5-11-7/h6-7,10-11H,1-5,9H2,(H,12,13)/t6-/m1/s1. The van der Waals surface area contributed by atoms with E-state index in [4.69, 9.17) is 10.8 Å². The maximum Gasteiger partial charge on any atom is 0.320 e. The molecule has 5 heteroatoms. The number of nitrogens with two attached hydrogens (primary N) is 1. The molecule has 0 aromatic heterocycles. The SMILES string of the molecule is N[C@H](CCCC1NCCN1)C(=O)O. The first kappa shape index (κ1) is 10.4. The van der Waals surface area contributed by atoms with E-state index in [9.17, 15) is 4.79 Å². The lowest BCUT2D eigenvalue weighted by Gasteiger charge is -2.11. The third kappa shape index (κ3) is 3.71. The van der Waals surface area contributed by atoms with Crippen molar-refractivity contribution in [3.05, 3.63) is 0 Å². The fraction of sp³-hybridized carbons (Fsp3) is 0.875. The molecule has 0 spiro atoms. The smallest absolute Gasteiger partial charge is 0.320 e. The summed E-state index contributed by atoms with van der Waals surface area (Å²) in [6, 6.07) is -0.707. The van der Waals surface area contributed by atoms with Gasteiger partial charge in [0.15, 0.2) is 0 Å². The van der Waals surface area contributed by atoms with Crippen LogP contribution in [0, 0.1) is 0 Å². The number of carboxylic acids is 1. The van der Waals surface area contributed by atoms with Gasteiger partial charge in [0.25, 0.3) is 0 Å². The molecule has 5 N–H and O–H groups in total. The van der Waals surface area contributed by atoms with E-state index in [1.807, 2.05) is 0 Å². The summed E-state index contributed by atoms with van der Waals surface area (Å²) in [5.74, 6) is -0.910. The Bertz CT molecular complexity index is 169. The number of rotatable bonds is 5. The van der Waals surface area contributed by atoms with E-state index in [2.05, 4.69) is 10.6 Å². The summed E-state index contributed by atoms with van der Waals surface area (Å²) in [5, 5.41) is 15.0. The van der Waals surface area contributed by atoms with Crippen LogP contribution in [0.25, 0.3) is 0 Å². The van der Waals surface area contributed by atoms with E-state index in [1.165, 1.54) is 0 Å². The van der Waals surface area contributed by atoms with Crippen molar-refractivity contribution >= 4 is 5.97 Å². The van der Waals surface area contributed by atoms with Crippen LogP contribution in [0.15, 0.2) is 0 Å². The summed E-state index contributed by atoms with van der Waals surface area (Å²) >= 11 is 0. The molecule has 1 aliphatic rings. The second-order valence-corrected chi connectivity index (χ2v) is 3.34. The summed E-state index contributed by atoms with van der Waals surface area (Å²) in [6.45, 7) is 1.99. The Labute approximate surface area is 77.7 Å². The van der Waals surface area contributed by atoms with Crippen LogP contribution >= 0.6 is 0 Å². The van der Waals surface area contributed by atoms with Gasteiger partial charge in [-0.15, -0.1) is 0 Å². The van der Waals surface area contributed by atoms with E-state index in [1.54, 1.807) is 0 Å². The highest BCUT2D eigenvalue weighted by molar-refractivity contribution is 5.72. The predicted molar refractivity (Wildman–Crippen MR) is 49.3 cm³/mol. The topological polar surface area (TPSA) is 87.4 Å². The molecule has 0 unspecified atom stereocenters. The van der Waals surface area contributed by atoms with Crippen molar-refractivity contribution < 1.29 is 9.90 Å². The van der Waals surface area contributed by atoms with E-state index in [0.29, 0.717) is 12.6 Å². The monoisotopic (exact) mass is 187 g/mol. The van der Waals surface area contributed by atoms with Crippen molar-refractivity contribution in [1.29, 1.82) is 0 Å². The molecule has 0 radical (unpaired) electrons. The Kier molecular flexibility index (Phi) is 4.14. The van der Waals surface area contributed by atoms with Crippen LogP contribution < -0.4 is 16.4 Å². The first-order valence-corrected chi connectivity index (χ1v) is 4.65. The van der Waals surface area contributed by atoms with Gasteiger partial charge in [-0.2, -0.15) is 0 Å². The molecule has 76 valence electrons. The lowest BCUT2D eigenvalue weighted by molar-refractivity contribution is -0.138. The fourth-order valence-electron chi connectivity index (χ4n) is 1.43. The molecule has 1 rings (SSSR count). The van der Waals surface area contributed by atoms with Crippen LogP contribution in [0.1, 0.15) is 19.3 Å². The largest absolute Gasteiger partial charge is 0.480 e. The van der Waals surface area contributed by atoms with Crippen molar-refractivity contribution in [1.82, 2.24) is 10.6 Å².